The number of nitrogens with zero attached hydrogens (tertiary/aromatic N) is 2. The molecule has 0 bridgehead atoms. The Morgan fingerprint density at radius 3 is 2.29 bits per heavy atom. The van der Waals surface area contributed by atoms with Crippen molar-refractivity contribution >= 4 is 33.4 Å². The Bertz CT molecular complexity index is 1170. The highest BCUT2D eigenvalue weighted by molar-refractivity contribution is 7.89. The van der Waals surface area contributed by atoms with Crippen LogP contribution in [0, 0.1) is 0 Å². The van der Waals surface area contributed by atoms with Crippen LogP contribution in [0.2, 0.25) is 0 Å². The summed E-state index contributed by atoms with van der Waals surface area (Å²) in [7, 11) is -2.09. The van der Waals surface area contributed by atoms with Gasteiger partial charge in [-0.2, -0.15) is 4.31 Å². The van der Waals surface area contributed by atoms with Crippen LogP contribution in [0.15, 0.2) is 53.4 Å². The molecule has 9 heteroatoms. The Morgan fingerprint density at radius 1 is 1.00 bits per heavy atom. The van der Waals surface area contributed by atoms with Crippen LogP contribution in [-0.4, -0.2) is 48.4 Å². The zero-order valence-electron chi connectivity index (χ0n) is 19.2. The van der Waals surface area contributed by atoms with E-state index in [0.29, 0.717) is 5.69 Å². The Labute approximate surface area is 200 Å². The van der Waals surface area contributed by atoms with Gasteiger partial charge in [-0.15, -0.1) is 0 Å². The molecule has 8 nitrogen and oxygen atoms in total. The van der Waals surface area contributed by atoms with Gasteiger partial charge in [0.25, 0.3) is 5.91 Å². The first-order valence-corrected chi connectivity index (χ1v) is 13.0. The predicted octanol–water partition coefficient (Wildman–Crippen LogP) is 3.54. The second kappa shape index (κ2) is 10.1. The summed E-state index contributed by atoms with van der Waals surface area (Å²) in [4.78, 5) is 37.7. The summed E-state index contributed by atoms with van der Waals surface area (Å²) in [6, 6.07) is 12.9. The van der Waals surface area contributed by atoms with E-state index >= 15 is 0 Å². The van der Waals surface area contributed by atoms with Crippen molar-refractivity contribution in [2.45, 2.75) is 62.4 Å². The third-order valence-electron chi connectivity index (χ3n) is 6.57. The third-order valence-corrected chi connectivity index (χ3v) is 8.48. The molecule has 34 heavy (non-hydrogen) atoms. The molecule has 1 heterocycles. The first-order valence-electron chi connectivity index (χ1n) is 11.6. The molecule has 0 spiro atoms. The van der Waals surface area contributed by atoms with Gasteiger partial charge in [0.2, 0.25) is 21.8 Å². The molecule has 0 radical (unpaired) electrons. The van der Waals surface area contributed by atoms with Gasteiger partial charge in [0.1, 0.15) is 0 Å². The maximum absolute atomic E-state index is 13.1. The SMILES string of the molecule is CN(C1CCCCC1)S(=O)(=O)c1cccc(C(=O)Nc2ccc(CN3C(=O)CCC3=O)cc2)c1. The molecule has 1 saturated carbocycles. The smallest absolute Gasteiger partial charge is 0.255 e. The highest BCUT2D eigenvalue weighted by Crippen LogP contribution is 2.27. The Hall–Kier alpha value is -3.04. The molecule has 2 aliphatic rings. The summed E-state index contributed by atoms with van der Waals surface area (Å²) in [5, 5.41) is 2.77. The number of amides is 3. The van der Waals surface area contributed by atoms with E-state index in [-0.39, 0.29) is 47.7 Å². The number of nitrogens with one attached hydrogen (secondary N) is 1. The standard InChI is InChI=1S/C25H29N3O5S/c1-27(21-7-3-2-4-8-21)34(32,33)22-9-5-6-19(16-22)25(31)26-20-12-10-18(11-13-20)17-28-23(29)14-15-24(28)30/h5-6,9-13,16,21H,2-4,7-8,14-15,17H2,1H3,(H,26,31). The first kappa shape index (κ1) is 24.1. The maximum Gasteiger partial charge on any atom is 0.255 e. The van der Waals surface area contributed by atoms with Gasteiger partial charge in [0, 0.05) is 37.2 Å². The molecule has 2 aromatic rings. The average molecular weight is 484 g/mol. The van der Waals surface area contributed by atoms with Crippen LogP contribution in [0.25, 0.3) is 0 Å². The van der Waals surface area contributed by atoms with Crippen molar-refractivity contribution in [3.63, 3.8) is 0 Å². The zero-order chi connectivity index (χ0) is 24.3. The monoisotopic (exact) mass is 483 g/mol. The highest BCUT2D eigenvalue weighted by atomic mass is 32.2. The average Bonchev–Trinajstić information content (AvgIpc) is 3.17. The summed E-state index contributed by atoms with van der Waals surface area (Å²) in [5.74, 6) is -0.771. The number of carbonyl (C=O) groups is 3. The van der Waals surface area contributed by atoms with Crippen LogP contribution in [-0.2, 0) is 26.2 Å². The second-order valence-corrected chi connectivity index (χ2v) is 10.9. The number of likely N-dealkylation sites (tertiary alicyclic amines) is 1. The predicted molar refractivity (Wildman–Crippen MR) is 127 cm³/mol. The highest BCUT2D eigenvalue weighted by Gasteiger charge is 2.30. The number of carbonyl (C=O) groups excluding carboxylic acids is 3. The fourth-order valence-electron chi connectivity index (χ4n) is 4.48. The molecule has 0 aromatic heterocycles. The number of imide groups is 1. The lowest BCUT2D eigenvalue weighted by Crippen LogP contribution is -2.38. The van der Waals surface area contributed by atoms with Crippen LogP contribution < -0.4 is 5.32 Å². The number of anilines is 1. The van der Waals surface area contributed by atoms with Crippen molar-refractivity contribution in [2.75, 3.05) is 12.4 Å². The summed E-state index contributed by atoms with van der Waals surface area (Å²) >= 11 is 0. The maximum atomic E-state index is 13.1. The van der Waals surface area contributed by atoms with E-state index in [9.17, 15) is 22.8 Å². The van der Waals surface area contributed by atoms with Gasteiger partial charge in [0.15, 0.2) is 0 Å². The molecule has 0 unspecified atom stereocenters. The van der Waals surface area contributed by atoms with Crippen molar-refractivity contribution in [1.29, 1.82) is 0 Å². The van der Waals surface area contributed by atoms with Crippen LogP contribution in [0.1, 0.15) is 60.9 Å². The molecule has 1 N–H and O–H groups in total. The minimum Gasteiger partial charge on any atom is -0.322 e. The Morgan fingerprint density at radius 2 is 1.65 bits per heavy atom. The van der Waals surface area contributed by atoms with E-state index in [1.807, 2.05) is 0 Å². The normalized spacial score (nSPS) is 17.4. The lowest BCUT2D eigenvalue weighted by Gasteiger charge is -2.30. The molecule has 2 fully saturated rings. The summed E-state index contributed by atoms with van der Waals surface area (Å²) in [6.07, 6.45) is 5.39. The molecule has 1 aliphatic carbocycles. The van der Waals surface area contributed by atoms with Gasteiger partial charge in [-0.1, -0.05) is 37.5 Å². The van der Waals surface area contributed by atoms with Gasteiger partial charge in [-0.3, -0.25) is 19.3 Å². The molecule has 4 rings (SSSR count). The van der Waals surface area contributed by atoms with E-state index in [0.717, 1.165) is 37.7 Å². The minimum atomic E-state index is -3.70. The van der Waals surface area contributed by atoms with E-state index < -0.39 is 15.9 Å². The molecule has 1 saturated heterocycles. The van der Waals surface area contributed by atoms with Gasteiger partial charge in [0.05, 0.1) is 11.4 Å². The van der Waals surface area contributed by atoms with E-state index in [1.165, 1.54) is 21.3 Å². The molecule has 180 valence electrons. The van der Waals surface area contributed by atoms with Crippen molar-refractivity contribution in [3.05, 3.63) is 59.7 Å². The molecule has 0 atom stereocenters. The molecule has 1 aliphatic heterocycles. The third kappa shape index (κ3) is 5.20. The summed E-state index contributed by atoms with van der Waals surface area (Å²) in [5.41, 5.74) is 1.55. The zero-order valence-corrected chi connectivity index (χ0v) is 20.0. The fraction of sp³-hybridized carbons (Fsp3) is 0.400. The fourth-order valence-corrected chi connectivity index (χ4v) is 5.95. The molecule has 3 amide bonds. The van der Waals surface area contributed by atoms with Crippen LogP contribution >= 0.6 is 0 Å². The van der Waals surface area contributed by atoms with Crippen LogP contribution in [0.3, 0.4) is 0 Å². The largest absolute Gasteiger partial charge is 0.322 e. The summed E-state index contributed by atoms with van der Waals surface area (Å²) < 4.78 is 27.7. The van der Waals surface area contributed by atoms with Crippen molar-refractivity contribution in [2.24, 2.45) is 0 Å². The van der Waals surface area contributed by atoms with Gasteiger partial charge < -0.3 is 5.32 Å². The number of rotatable bonds is 7. The van der Waals surface area contributed by atoms with Crippen molar-refractivity contribution < 1.29 is 22.8 Å². The van der Waals surface area contributed by atoms with Crippen LogP contribution in [0.5, 0.6) is 0 Å². The van der Waals surface area contributed by atoms with Gasteiger partial charge >= 0.3 is 0 Å². The number of benzene rings is 2. The Balaban J connectivity index is 1.43. The molecular weight excluding hydrogens is 454 g/mol. The van der Waals surface area contributed by atoms with E-state index in [4.69, 9.17) is 0 Å². The topological polar surface area (TPSA) is 104 Å². The molecular formula is C25H29N3O5S. The van der Waals surface area contributed by atoms with E-state index in [2.05, 4.69) is 5.32 Å². The number of hydrogen-bond donors (Lipinski definition) is 1. The second-order valence-electron chi connectivity index (χ2n) is 8.87. The van der Waals surface area contributed by atoms with Crippen molar-refractivity contribution in [1.82, 2.24) is 9.21 Å². The number of sulfonamides is 1. The van der Waals surface area contributed by atoms with Gasteiger partial charge in [-0.05, 0) is 48.7 Å². The lowest BCUT2D eigenvalue weighted by molar-refractivity contribution is -0.139. The van der Waals surface area contributed by atoms with Crippen LogP contribution in [0.4, 0.5) is 5.69 Å². The minimum absolute atomic E-state index is 0.0131. The molecule has 2 aromatic carbocycles. The summed E-state index contributed by atoms with van der Waals surface area (Å²) in [6.45, 7) is 0.209. The quantitative estimate of drug-likeness (QED) is 0.607. The lowest BCUT2D eigenvalue weighted by atomic mass is 9.96. The van der Waals surface area contributed by atoms with Crippen molar-refractivity contribution in [3.8, 4) is 0 Å². The number of hydrogen-bond acceptors (Lipinski definition) is 5. The Kier molecular flexibility index (Phi) is 7.13. The van der Waals surface area contributed by atoms with Gasteiger partial charge in [-0.25, -0.2) is 8.42 Å². The first-order chi connectivity index (χ1) is 16.3. The van der Waals surface area contributed by atoms with E-state index in [1.54, 1.807) is 43.4 Å².